The average molecular weight is 248 g/mol. The highest BCUT2D eigenvalue weighted by atomic mass is 16.3. The van der Waals surface area contributed by atoms with Gasteiger partial charge in [-0.05, 0) is 38.8 Å². The molecular weight excluding hydrogens is 228 g/mol. The van der Waals surface area contributed by atoms with E-state index in [1.807, 2.05) is 38.1 Å². The molecule has 2 rings (SSSR count). The minimum atomic E-state index is -0.246. The lowest BCUT2D eigenvalue weighted by Crippen LogP contribution is -2.51. The molecule has 1 aliphatic rings. The third-order valence-corrected chi connectivity index (χ3v) is 3.31. The number of carbonyl (C=O) groups is 1. The molecule has 0 saturated heterocycles. The van der Waals surface area contributed by atoms with Gasteiger partial charge in [-0.15, -0.1) is 0 Å². The standard InChI is InChI=1S/C14H20N2O2/c1-9-3-5-11(6-4-9)16-14(18)10(2)15-12-7-13(17)8-12/h3-6,10,12-13,15,17H,7-8H2,1-2H3,(H,16,18). The maximum atomic E-state index is 11.9. The molecule has 1 atom stereocenters. The Morgan fingerprint density at radius 2 is 1.94 bits per heavy atom. The maximum absolute atomic E-state index is 11.9. The van der Waals surface area contributed by atoms with Crippen LogP contribution < -0.4 is 10.6 Å². The second-order valence-corrected chi connectivity index (χ2v) is 5.07. The molecule has 4 heteroatoms. The highest BCUT2D eigenvalue weighted by Crippen LogP contribution is 2.20. The predicted octanol–water partition coefficient (Wildman–Crippen LogP) is 1.43. The van der Waals surface area contributed by atoms with E-state index in [2.05, 4.69) is 10.6 Å². The first-order valence-corrected chi connectivity index (χ1v) is 6.36. The van der Waals surface area contributed by atoms with Gasteiger partial charge >= 0.3 is 0 Å². The Morgan fingerprint density at radius 1 is 1.33 bits per heavy atom. The molecule has 1 aliphatic carbocycles. The van der Waals surface area contributed by atoms with Crippen molar-refractivity contribution in [1.29, 1.82) is 0 Å². The zero-order valence-corrected chi connectivity index (χ0v) is 10.8. The molecule has 4 nitrogen and oxygen atoms in total. The lowest BCUT2D eigenvalue weighted by Gasteiger charge is -2.34. The first kappa shape index (κ1) is 13.1. The van der Waals surface area contributed by atoms with E-state index in [0.717, 1.165) is 18.5 Å². The molecule has 1 aromatic rings. The van der Waals surface area contributed by atoms with Crippen molar-refractivity contribution in [3.8, 4) is 0 Å². The zero-order valence-electron chi connectivity index (χ0n) is 10.8. The van der Waals surface area contributed by atoms with Crippen molar-refractivity contribution < 1.29 is 9.90 Å². The molecule has 1 aromatic carbocycles. The van der Waals surface area contributed by atoms with Gasteiger partial charge in [0.25, 0.3) is 0 Å². The quantitative estimate of drug-likeness (QED) is 0.755. The van der Waals surface area contributed by atoms with Crippen LogP contribution in [0.15, 0.2) is 24.3 Å². The molecule has 0 bridgehead atoms. The van der Waals surface area contributed by atoms with Crippen LogP contribution in [0.1, 0.15) is 25.3 Å². The molecule has 98 valence electrons. The Labute approximate surface area is 107 Å². The van der Waals surface area contributed by atoms with Crippen LogP contribution in [0.3, 0.4) is 0 Å². The van der Waals surface area contributed by atoms with E-state index in [0.29, 0.717) is 0 Å². The van der Waals surface area contributed by atoms with Gasteiger partial charge in [-0.2, -0.15) is 0 Å². The van der Waals surface area contributed by atoms with Gasteiger partial charge in [0.2, 0.25) is 5.91 Å². The van der Waals surface area contributed by atoms with Crippen LogP contribution in [0.2, 0.25) is 0 Å². The van der Waals surface area contributed by atoms with Crippen LogP contribution in [0.4, 0.5) is 5.69 Å². The van der Waals surface area contributed by atoms with Gasteiger partial charge in [0.1, 0.15) is 0 Å². The summed E-state index contributed by atoms with van der Waals surface area (Å²) in [6, 6.07) is 7.74. The molecule has 0 radical (unpaired) electrons. The van der Waals surface area contributed by atoms with Gasteiger partial charge in [0.05, 0.1) is 12.1 Å². The number of hydrogen-bond acceptors (Lipinski definition) is 3. The maximum Gasteiger partial charge on any atom is 0.241 e. The van der Waals surface area contributed by atoms with Crippen molar-refractivity contribution in [3.05, 3.63) is 29.8 Å². The summed E-state index contributed by atoms with van der Waals surface area (Å²) in [7, 11) is 0. The van der Waals surface area contributed by atoms with E-state index in [9.17, 15) is 9.90 Å². The third-order valence-electron chi connectivity index (χ3n) is 3.31. The summed E-state index contributed by atoms with van der Waals surface area (Å²) >= 11 is 0. The van der Waals surface area contributed by atoms with E-state index in [4.69, 9.17) is 0 Å². The summed E-state index contributed by atoms with van der Waals surface area (Å²) in [6.07, 6.45) is 1.28. The molecule has 0 heterocycles. The SMILES string of the molecule is Cc1ccc(NC(=O)C(C)NC2CC(O)C2)cc1. The van der Waals surface area contributed by atoms with Gasteiger partial charge < -0.3 is 15.7 Å². The monoisotopic (exact) mass is 248 g/mol. The fourth-order valence-corrected chi connectivity index (χ4v) is 2.04. The Morgan fingerprint density at radius 3 is 2.50 bits per heavy atom. The molecule has 1 unspecified atom stereocenters. The normalized spacial score (nSPS) is 24.2. The van der Waals surface area contributed by atoms with E-state index in [1.165, 1.54) is 5.56 Å². The molecule has 0 aliphatic heterocycles. The Kier molecular flexibility index (Phi) is 3.99. The summed E-state index contributed by atoms with van der Waals surface area (Å²) < 4.78 is 0. The lowest BCUT2D eigenvalue weighted by molar-refractivity contribution is -0.118. The van der Waals surface area contributed by atoms with Crippen LogP contribution in [0, 0.1) is 6.92 Å². The fourth-order valence-electron chi connectivity index (χ4n) is 2.04. The summed E-state index contributed by atoms with van der Waals surface area (Å²) in [5.41, 5.74) is 1.98. The van der Waals surface area contributed by atoms with Crippen molar-refractivity contribution in [2.45, 2.75) is 44.9 Å². The number of amides is 1. The van der Waals surface area contributed by atoms with Gasteiger partial charge in [-0.1, -0.05) is 17.7 Å². The lowest BCUT2D eigenvalue weighted by atomic mass is 9.89. The second-order valence-electron chi connectivity index (χ2n) is 5.07. The number of hydrogen-bond donors (Lipinski definition) is 3. The number of nitrogens with one attached hydrogen (secondary N) is 2. The summed E-state index contributed by atoms with van der Waals surface area (Å²) in [5, 5.41) is 15.3. The van der Waals surface area contributed by atoms with Crippen molar-refractivity contribution in [2.24, 2.45) is 0 Å². The van der Waals surface area contributed by atoms with E-state index < -0.39 is 0 Å². The second kappa shape index (κ2) is 5.50. The zero-order chi connectivity index (χ0) is 13.1. The highest BCUT2D eigenvalue weighted by molar-refractivity contribution is 5.94. The predicted molar refractivity (Wildman–Crippen MR) is 71.4 cm³/mol. The van der Waals surface area contributed by atoms with Crippen LogP contribution >= 0.6 is 0 Å². The third kappa shape index (κ3) is 3.31. The average Bonchev–Trinajstić information content (AvgIpc) is 2.30. The number of rotatable bonds is 4. The smallest absolute Gasteiger partial charge is 0.241 e. The minimum absolute atomic E-state index is 0.0414. The first-order chi connectivity index (χ1) is 8.54. The van der Waals surface area contributed by atoms with Crippen molar-refractivity contribution >= 4 is 11.6 Å². The summed E-state index contributed by atoms with van der Waals surface area (Å²) in [5.74, 6) is -0.0414. The number of anilines is 1. The van der Waals surface area contributed by atoms with Crippen LogP contribution in [-0.2, 0) is 4.79 Å². The Bertz CT molecular complexity index is 410. The van der Waals surface area contributed by atoms with Crippen molar-refractivity contribution in [3.63, 3.8) is 0 Å². The molecular formula is C14H20N2O2. The number of aliphatic hydroxyl groups excluding tert-OH is 1. The van der Waals surface area contributed by atoms with Crippen molar-refractivity contribution in [2.75, 3.05) is 5.32 Å². The van der Waals surface area contributed by atoms with E-state index in [-0.39, 0.29) is 24.1 Å². The van der Waals surface area contributed by atoms with E-state index >= 15 is 0 Å². The Hall–Kier alpha value is -1.39. The number of aryl methyl sites for hydroxylation is 1. The highest BCUT2D eigenvalue weighted by Gasteiger charge is 2.29. The molecule has 1 saturated carbocycles. The van der Waals surface area contributed by atoms with Crippen LogP contribution in [0.5, 0.6) is 0 Å². The number of carbonyl (C=O) groups excluding carboxylic acids is 1. The molecule has 3 N–H and O–H groups in total. The largest absolute Gasteiger partial charge is 0.393 e. The van der Waals surface area contributed by atoms with Crippen LogP contribution in [-0.4, -0.2) is 29.2 Å². The van der Waals surface area contributed by atoms with Crippen molar-refractivity contribution in [1.82, 2.24) is 5.32 Å². The summed E-state index contributed by atoms with van der Waals surface area (Å²) in [4.78, 5) is 11.9. The number of benzene rings is 1. The van der Waals surface area contributed by atoms with Crippen LogP contribution in [0.25, 0.3) is 0 Å². The minimum Gasteiger partial charge on any atom is -0.393 e. The molecule has 0 spiro atoms. The number of aliphatic hydroxyl groups is 1. The van der Waals surface area contributed by atoms with Gasteiger partial charge in [-0.25, -0.2) is 0 Å². The molecule has 0 aromatic heterocycles. The first-order valence-electron chi connectivity index (χ1n) is 6.36. The van der Waals surface area contributed by atoms with Gasteiger partial charge in [0.15, 0.2) is 0 Å². The molecule has 1 fully saturated rings. The molecule has 18 heavy (non-hydrogen) atoms. The van der Waals surface area contributed by atoms with E-state index in [1.54, 1.807) is 0 Å². The topological polar surface area (TPSA) is 61.4 Å². The fraction of sp³-hybridized carbons (Fsp3) is 0.500. The molecule has 1 amide bonds. The Balaban J connectivity index is 1.81. The van der Waals surface area contributed by atoms with Gasteiger partial charge in [0, 0.05) is 11.7 Å². The van der Waals surface area contributed by atoms with Gasteiger partial charge in [-0.3, -0.25) is 4.79 Å². The summed E-state index contributed by atoms with van der Waals surface area (Å²) in [6.45, 7) is 3.85.